The number of thiocarbonyl (C=S) groups is 7. The number of morpholine rings is 1. The Kier molecular flexibility index (Phi) is 90.0. The molecular weight excluding hydrogens is 2090 g/mol. The summed E-state index contributed by atoms with van der Waals surface area (Å²) in [6.07, 6.45) is 7.88. The Morgan fingerprint density at radius 1 is 0.480 bits per heavy atom. The Labute approximate surface area is 936 Å². The highest BCUT2D eigenvalue weighted by molar-refractivity contribution is 7.81. The molecule has 14 N–H and O–H groups in total. The molecule has 1 aromatic heterocycles. The van der Waals surface area contributed by atoms with Gasteiger partial charge in [-0.05, 0) is 238 Å². The quantitative estimate of drug-likeness (QED) is 0.0137. The Morgan fingerprint density at radius 2 is 0.927 bits per heavy atom. The molecule has 1 aliphatic heterocycles. The second-order valence-electron chi connectivity index (χ2n) is 33.8. The van der Waals surface area contributed by atoms with E-state index in [4.69, 9.17) is 99.1 Å². The lowest BCUT2D eigenvalue weighted by Crippen LogP contribution is -2.40. The number of carbonyl (C=O) groups excluding carboxylic acids is 10. The number of ether oxygens (including phenoxy) is 4. The summed E-state index contributed by atoms with van der Waals surface area (Å²) < 4.78 is 44.2. The zero-order valence-electron chi connectivity index (χ0n) is 91.9. The van der Waals surface area contributed by atoms with Crippen LogP contribution in [0.3, 0.4) is 0 Å². The van der Waals surface area contributed by atoms with Crippen LogP contribution in [0.4, 0.5) is 52.8 Å². The lowest BCUT2D eigenvalue weighted by atomic mass is 9.96. The number of nitrogens with one attached hydrogen (secondary N) is 14. The molecule has 0 spiro atoms. The second kappa shape index (κ2) is 92.1. The number of methoxy groups -OCH3 is 2. The molecular formula is C109H161ClF2N16O14S8. The van der Waals surface area contributed by atoms with Crippen molar-refractivity contribution in [2.24, 2.45) is 0 Å². The van der Waals surface area contributed by atoms with E-state index in [0.717, 1.165) is 79.4 Å². The van der Waals surface area contributed by atoms with Gasteiger partial charge in [-0.2, -0.15) is 0 Å². The molecule has 30 nitrogen and oxygen atoms in total. The van der Waals surface area contributed by atoms with E-state index >= 15 is 0 Å². The Hall–Kier alpha value is -11.8. The number of hydrogen-bond acceptors (Lipinski definition) is 23. The summed E-state index contributed by atoms with van der Waals surface area (Å²) in [5.74, 6) is -0.157. The number of amides is 8. The molecule has 1 atom stereocenters. The van der Waals surface area contributed by atoms with Crippen molar-refractivity contribution < 1.29 is 75.7 Å². The van der Waals surface area contributed by atoms with Crippen molar-refractivity contribution in [2.75, 3.05) is 110 Å². The smallest absolute Gasteiger partial charge is 0.408 e. The fraction of sp³-hybridized carbons (Fsp3) is 0.431. The Balaban J connectivity index is -0.000000503. The largest absolute Gasteiger partial charge is 0.465 e. The summed E-state index contributed by atoms with van der Waals surface area (Å²) in [7, 11) is 3.02. The van der Waals surface area contributed by atoms with E-state index in [0.29, 0.717) is 88.8 Å². The van der Waals surface area contributed by atoms with Crippen molar-refractivity contribution in [3.05, 3.63) is 227 Å². The zero-order chi connectivity index (χ0) is 115. The number of thiazole rings is 1. The number of anilines is 7. The van der Waals surface area contributed by atoms with Gasteiger partial charge >= 0.3 is 12.1 Å². The summed E-state index contributed by atoms with van der Waals surface area (Å²) in [4.78, 5) is 118. The highest BCUT2D eigenvalue weighted by atomic mass is 35.5. The first-order chi connectivity index (χ1) is 70.4. The molecule has 8 amide bonds. The Morgan fingerprint density at radius 3 is 1.29 bits per heavy atom. The van der Waals surface area contributed by atoms with E-state index in [1.165, 1.54) is 147 Å². The highest BCUT2D eigenvalue weighted by Crippen LogP contribution is 2.20. The lowest BCUT2D eigenvalue weighted by Gasteiger charge is -2.25. The SMILES string of the molecule is CC(=O)N1CCOCC1.CC(=O)NCCCl.CC(=O)NCc1ccccc1.CC(=O)Nc1ccc(C(C)C)cc1.CC(=O)Nc1ccc(F)cc1.CC(=O)Nc1ccccc1.CC(=O)Nc1nccs1.CC(=O)[C@H](C)NC(=O)OC(C)(C)C.CC(=S)NC(C)C.CC(=S)NC1CCCCC1.CC(=S)Nc1ccc(C)cc1.CC(=S)Nc1cccc(F)c1.CCNC(C)=S.COC(=O)c1cccc(NC(C)=S)c1.COCCNC(C)=S. The van der Waals surface area contributed by atoms with Gasteiger partial charge in [-0.3, -0.25) is 38.4 Å². The number of benzene rings is 7. The number of alkyl halides is 1. The van der Waals surface area contributed by atoms with Gasteiger partial charge in [-0.25, -0.2) is 23.4 Å². The van der Waals surface area contributed by atoms with Crippen LogP contribution < -0.4 is 74.4 Å². The lowest BCUT2D eigenvalue weighted by molar-refractivity contribution is -0.133. The maximum atomic E-state index is 12.5. The molecule has 0 radical (unpaired) electrons. The van der Waals surface area contributed by atoms with Crippen LogP contribution in [-0.4, -0.2) is 200 Å². The molecule has 0 bridgehead atoms. The monoisotopic (exact) mass is 2250 g/mol. The van der Waals surface area contributed by atoms with Crippen LogP contribution in [0.1, 0.15) is 231 Å². The third kappa shape index (κ3) is 101. The molecule has 2 fully saturated rings. The molecule has 10 rings (SSSR count). The van der Waals surface area contributed by atoms with Gasteiger partial charge in [0.1, 0.15) is 17.2 Å². The van der Waals surface area contributed by atoms with E-state index in [1.807, 2.05) is 150 Å². The molecule has 8 aromatic rings. The minimum atomic E-state index is -0.560. The number of esters is 1. The minimum Gasteiger partial charge on any atom is -0.465 e. The van der Waals surface area contributed by atoms with Crippen molar-refractivity contribution in [1.29, 1.82) is 0 Å². The topological polar surface area (TPSA) is 392 Å². The molecule has 1 saturated heterocycles. The second-order valence-corrected chi connectivity index (χ2v) is 39.4. The summed E-state index contributed by atoms with van der Waals surface area (Å²) in [5, 5.41) is 41.7. The number of nitrogens with zero attached hydrogens (tertiary/aromatic N) is 2. The molecule has 2 heterocycles. The van der Waals surface area contributed by atoms with Gasteiger partial charge in [0.2, 0.25) is 41.4 Å². The van der Waals surface area contributed by atoms with Gasteiger partial charge in [0.15, 0.2) is 10.9 Å². The molecule has 150 heavy (non-hydrogen) atoms. The summed E-state index contributed by atoms with van der Waals surface area (Å²) in [6.45, 7) is 50.8. The number of ketones is 1. The van der Waals surface area contributed by atoms with Crippen molar-refractivity contribution in [1.82, 2.24) is 47.1 Å². The number of para-hydroxylation sites is 1. The van der Waals surface area contributed by atoms with Crippen molar-refractivity contribution in [3.8, 4) is 0 Å². The van der Waals surface area contributed by atoms with Crippen LogP contribution in [0, 0.1) is 18.6 Å². The third-order valence-corrected chi connectivity index (χ3v) is 19.0. The van der Waals surface area contributed by atoms with E-state index in [1.54, 1.807) is 97.0 Å². The summed E-state index contributed by atoms with van der Waals surface area (Å²) in [5.41, 5.74) is 8.51. The van der Waals surface area contributed by atoms with Gasteiger partial charge < -0.3 is 98.3 Å². The average Bonchev–Trinajstić information content (AvgIpc) is 0.976. The normalized spacial score (nSPS) is 10.9. The number of aromatic nitrogens is 1. The number of alkyl carbamates (subject to hydrolysis) is 1. The average molecular weight is 2250 g/mol. The summed E-state index contributed by atoms with van der Waals surface area (Å²) in [6, 6.07) is 54.8. The van der Waals surface area contributed by atoms with Gasteiger partial charge in [-0.15, -0.1) is 22.9 Å². The van der Waals surface area contributed by atoms with Crippen molar-refractivity contribution >= 4 is 242 Å². The number of carbonyl (C=O) groups is 10. The molecule has 41 heteroatoms. The van der Waals surface area contributed by atoms with Crippen LogP contribution in [0.5, 0.6) is 0 Å². The zero-order valence-corrected chi connectivity index (χ0v) is 99.2. The maximum Gasteiger partial charge on any atom is 0.408 e. The van der Waals surface area contributed by atoms with Crippen molar-refractivity contribution in [2.45, 2.75) is 241 Å². The predicted octanol–water partition coefficient (Wildman–Crippen LogP) is 23.0. The molecule has 7 aromatic carbocycles. The first-order valence-corrected chi connectivity index (χ1v) is 52.3. The van der Waals surface area contributed by atoms with Gasteiger partial charge in [0.05, 0.1) is 73.5 Å². The number of hydrogen-bond donors (Lipinski definition) is 14. The van der Waals surface area contributed by atoms with E-state index in [-0.39, 0.29) is 64.7 Å². The summed E-state index contributed by atoms with van der Waals surface area (Å²) >= 11 is 40.4. The first kappa shape index (κ1) is 147. The standard InChI is InChI=1S/C11H15NO.C10H11NO2S.C9H17NO3.C9H11NO.C9H11NS.C8H8FNO.C8H8FNS.C8H9NO.C8H15NS.C6H11NO2.C5H6N2OS.C5H11NOS.C5H11NS.C4H8ClNO.C4H9NS/c1-8(2)10-4-6-11(7-5-10)12-9(3)13;1-7(14)11-9-5-3-4-8(6-9)10(12)13-2;1-6(7(2)11)10-8(12)13-9(3,4)5;1-8(11)10-7-9-5-3-2-4-6-9;1-7-3-5-9(6-4-7)10-8(2)11;1-6(11)10-8-4-2-7(9)3-5-8;1-6(11)10-8-4-2-3-7(9)5-8;2*1-7(10)9-8-5-3-2-4-6-8;1-6(8)7-2-4-9-5-3-7;1-4(8)7-5-6-2-3-9-5;1-5(8)6-3-4-7-2;1-4(2)6-5(3)7;1-4(7)6-3-2-5;1-3-5-4(2)6/h4-8H,1-3H3,(H,12,13);3-6H,1-2H3,(H,11,14);6H,1-5H3,(H,10,12);2-6H,7H2,1H3,(H,10,11);3-6H,1-2H3,(H,10,11);2*2-5H,1H3,(H,10,11);2-6H,1H3,(H,9,10);8H,2-6H2,1H3,(H,9,10);2-5H2,1H3;2-3H,1H3,(H,6,7,8);3-4H2,1-2H3,(H,6,8);4H,1-3H3,(H,6,7);2-3H2,1H3,(H,6,7);3H2,1-2H3,(H,5,6)/t;;6-;;;;;;;;;;;;/m..0............/s1. The van der Waals surface area contributed by atoms with E-state index in [9.17, 15) is 56.7 Å². The molecule has 830 valence electrons. The maximum absolute atomic E-state index is 12.5. The number of Topliss-reactive ketones (excluding diaryl/α,β-unsaturated/α-hetero) is 1. The van der Waals surface area contributed by atoms with Crippen LogP contribution in [0.25, 0.3) is 0 Å². The van der Waals surface area contributed by atoms with Crippen LogP contribution in [0.2, 0.25) is 0 Å². The van der Waals surface area contributed by atoms with Gasteiger partial charge in [0.25, 0.3) is 0 Å². The van der Waals surface area contributed by atoms with Crippen molar-refractivity contribution in [3.63, 3.8) is 0 Å². The van der Waals surface area contributed by atoms with Crippen LogP contribution >= 0.6 is 108 Å². The Bertz CT molecular complexity index is 5130. The number of rotatable bonds is 21. The fourth-order valence-corrected chi connectivity index (χ4v) is 12.4. The molecule has 1 saturated carbocycles. The van der Waals surface area contributed by atoms with Gasteiger partial charge in [-0.1, -0.05) is 209 Å². The third-order valence-electron chi connectivity index (χ3n) is 17.3. The van der Waals surface area contributed by atoms with E-state index in [2.05, 4.69) is 143 Å². The number of halogens is 3. The van der Waals surface area contributed by atoms with Crippen LogP contribution in [-0.2, 0) is 63.8 Å². The molecule has 1 aliphatic carbocycles. The highest BCUT2D eigenvalue weighted by Gasteiger charge is 2.20. The van der Waals surface area contributed by atoms with Gasteiger partial charge in [0, 0.05) is 159 Å². The van der Waals surface area contributed by atoms with Crippen LogP contribution in [0.15, 0.2) is 194 Å². The minimum absolute atomic E-state index is 0.00820. The first-order valence-electron chi connectivity index (χ1n) is 48.1. The fourth-order valence-electron chi connectivity index (χ4n) is 10.7. The molecule has 2 aliphatic rings. The van der Waals surface area contributed by atoms with E-state index < -0.39 is 17.7 Å². The molecule has 0 unspecified atom stereocenters. The number of aryl methyl sites for hydroxylation is 1. The predicted molar refractivity (Wildman–Crippen MR) is 645 cm³/mol.